The Morgan fingerprint density at radius 2 is 2.36 bits per heavy atom. The summed E-state index contributed by atoms with van der Waals surface area (Å²) in [5.41, 5.74) is 2.25. The van der Waals surface area contributed by atoms with Gasteiger partial charge in [0, 0.05) is 31.1 Å². The Bertz CT molecular complexity index is 638. The summed E-state index contributed by atoms with van der Waals surface area (Å²) in [5, 5.41) is 6.16. The first-order valence-corrected chi connectivity index (χ1v) is 7.25. The Morgan fingerprint density at radius 3 is 3.09 bits per heavy atom. The summed E-state index contributed by atoms with van der Waals surface area (Å²) in [6.45, 7) is 4.07. The fourth-order valence-corrected chi connectivity index (χ4v) is 2.39. The fraction of sp³-hybridized carbons (Fsp3) is 0.467. The van der Waals surface area contributed by atoms with Crippen LogP contribution in [0.25, 0.3) is 11.1 Å². The van der Waals surface area contributed by atoms with E-state index in [1.165, 1.54) is 0 Å². The zero-order chi connectivity index (χ0) is 14.7. The summed E-state index contributed by atoms with van der Waals surface area (Å²) in [6.07, 6.45) is 1.15. The lowest BCUT2D eigenvalue weighted by molar-refractivity contribution is -0.117. The van der Waals surface area contributed by atoms with Crippen LogP contribution in [0.4, 0.5) is 5.69 Å². The molecule has 1 saturated heterocycles. The normalized spacial score (nSPS) is 18.0. The largest absolute Gasteiger partial charge is 0.441 e. The Hall–Kier alpha value is -1.63. The highest BCUT2D eigenvalue weighted by molar-refractivity contribution is 5.93. The number of aryl methyl sites for hydroxylation is 1. The Kier molecular flexibility index (Phi) is 5.76. The molecule has 1 aliphatic heterocycles. The number of ether oxygens (including phenoxy) is 1. The molecule has 6 nitrogen and oxygen atoms in total. The standard InChI is InChI=1S/C15H19N3O3.ClH/c1-2-15-18-12-7-10(3-4-13(12)21-15)17-14(19)8-11-9-20-6-5-16-11;/h3-4,7,11,16H,2,5-6,8-9H2,1H3,(H,17,19);1H. The Balaban J connectivity index is 0.00000176. The summed E-state index contributed by atoms with van der Waals surface area (Å²) in [5.74, 6) is 0.675. The fourth-order valence-electron chi connectivity index (χ4n) is 2.39. The van der Waals surface area contributed by atoms with Crippen molar-refractivity contribution in [2.75, 3.05) is 25.1 Å². The number of halogens is 1. The number of rotatable bonds is 4. The first-order chi connectivity index (χ1) is 10.2. The summed E-state index contributed by atoms with van der Waals surface area (Å²) >= 11 is 0. The molecule has 3 rings (SSSR count). The number of anilines is 1. The van der Waals surface area contributed by atoms with Gasteiger partial charge in [-0.25, -0.2) is 4.98 Å². The van der Waals surface area contributed by atoms with Crippen LogP contribution in [0.2, 0.25) is 0 Å². The predicted molar refractivity (Wildman–Crippen MR) is 86.5 cm³/mol. The van der Waals surface area contributed by atoms with Gasteiger partial charge in [-0.05, 0) is 18.2 Å². The number of carbonyl (C=O) groups excluding carboxylic acids is 1. The van der Waals surface area contributed by atoms with Crippen molar-refractivity contribution in [3.8, 4) is 0 Å². The number of carbonyl (C=O) groups is 1. The molecule has 1 atom stereocenters. The highest BCUT2D eigenvalue weighted by Gasteiger charge is 2.17. The maximum atomic E-state index is 12.0. The second kappa shape index (κ2) is 7.58. The minimum absolute atomic E-state index is 0. The van der Waals surface area contributed by atoms with Crippen molar-refractivity contribution >= 4 is 35.1 Å². The minimum atomic E-state index is -0.0310. The Morgan fingerprint density at radius 1 is 1.50 bits per heavy atom. The molecule has 1 amide bonds. The number of morpholine rings is 1. The van der Waals surface area contributed by atoms with Crippen molar-refractivity contribution in [1.29, 1.82) is 0 Å². The zero-order valence-electron chi connectivity index (χ0n) is 12.4. The van der Waals surface area contributed by atoms with Crippen LogP contribution in [-0.2, 0) is 16.0 Å². The van der Waals surface area contributed by atoms with Gasteiger partial charge in [-0.15, -0.1) is 12.4 Å². The topological polar surface area (TPSA) is 76.4 Å². The first-order valence-electron chi connectivity index (χ1n) is 7.25. The van der Waals surface area contributed by atoms with Crippen LogP contribution in [0.3, 0.4) is 0 Å². The Labute approximate surface area is 135 Å². The smallest absolute Gasteiger partial charge is 0.226 e. The van der Waals surface area contributed by atoms with Gasteiger partial charge in [0.25, 0.3) is 0 Å². The summed E-state index contributed by atoms with van der Waals surface area (Å²) in [6, 6.07) is 5.58. The molecule has 2 N–H and O–H groups in total. The predicted octanol–water partition coefficient (Wildman–Crippen LogP) is 2.13. The van der Waals surface area contributed by atoms with Crippen LogP contribution in [0, 0.1) is 0 Å². The lowest BCUT2D eigenvalue weighted by atomic mass is 10.2. The molecule has 2 aromatic rings. The highest BCUT2D eigenvalue weighted by Crippen LogP contribution is 2.20. The molecule has 22 heavy (non-hydrogen) atoms. The summed E-state index contributed by atoms with van der Waals surface area (Å²) in [7, 11) is 0. The van der Waals surface area contributed by atoms with E-state index in [2.05, 4.69) is 15.6 Å². The molecule has 1 fully saturated rings. The maximum absolute atomic E-state index is 12.0. The molecule has 1 aromatic heterocycles. The number of amides is 1. The summed E-state index contributed by atoms with van der Waals surface area (Å²) < 4.78 is 10.9. The molecule has 2 heterocycles. The molecule has 0 spiro atoms. The van der Waals surface area contributed by atoms with Crippen LogP contribution in [0.15, 0.2) is 22.6 Å². The van der Waals surface area contributed by atoms with Crippen molar-refractivity contribution in [3.05, 3.63) is 24.1 Å². The van der Waals surface area contributed by atoms with Gasteiger partial charge in [-0.1, -0.05) is 6.92 Å². The van der Waals surface area contributed by atoms with Crippen molar-refractivity contribution in [2.24, 2.45) is 0 Å². The van der Waals surface area contributed by atoms with E-state index in [0.717, 1.165) is 29.8 Å². The van der Waals surface area contributed by atoms with Crippen LogP contribution < -0.4 is 10.6 Å². The third-order valence-electron chi connectivity index (χ3n) is 3.45. The molecular weight excluding hydrogens is 306 g/mol. The van der Waals surface area contributed by atoms with Gasteiger partial charge in [0.05, 0.1) is 13.2 Å². The third kappa shape index (κ3) is 3.97. The van der Waals surface area contributed by atoms with E-state index in [4.69, 9.17) is 9.15 Å². The number of oxazole rings is 1. The van der Waals surface area contributed by atoms with Crippen molar-refractivity contribution in [2.45, 2.75) is 25.8 Å². The molecule has 0 radical (unpaired) electrons. The van der Waals surface area contributed by atoms with E-state index in [-0.39, 0.29) is 24.4 Å². The molecule has 1 unspecified atom stereocenters. The van der Waals surface area contributed by atoms with Crippen LogP contribution in [-0.4, -0.2) is 36.7 Å². The second-order valence-electron chi connectivity index (χ2n) is 5.12. The average Bonchev–Trinajstić information content (AvgIpc) is 2.90. The van der Waals surface area contributed by atoms with E-state index in [1.807, 2.05) is 25.1 Å². The number of aromatic nitrogens is 1. The molecule has 1 aliphatic rings. The lowest BCUT2D eigenvalue weighted by Crippen LogP contribution is -2.43. The molecular formula is C15H20ClN3O3. The number of nitrogens with zero attached hydrogens (tertiary/aromatic N) is 1. The SMILES string of the molecule is CCc1nc2cc(NC(=O)CC3COCCN3)ccc2o1.Cl. The molecule has 0 saturated carbocycles. The van der Waals surface area contributed by atoms with Crippen molar-refractivity contribution in [1.82, 2.24) is 10.3 Å². The number of benzene rings is 1. The van der Waals surface area contributed by atoms with E-state index in [1.54, 1.807) is 0 Å². The maximum Gasteiger partial charge on any atom is 0.226 e. The lowest BCUT2D eigenvalue weighted by Gasteiger charge is -2.23. The third-order valence-corrected chi connectivity index (χ3v) is 3.45. The molecule has 0 aliphatic carbocycles. The summed E-state index contributed by atoms with van der Waals surface area (Å²) in [4.78, 5) is 16.4. The van der Waals surface area contributed by atoms with Gasteiger partial charge in [-0.3, -0.25) is 4.79 Å². The number of hydrogen-bond donors (Lipinski definition) is 2. The highest BCUT2D eigenvalue weighted by atomic mass is 35.5. The van der Waals surface area contributed by atoms with Crippen molar-refractivity contribution in [3.63, 3.8) is 0 Å². The van der Waals surface area contributed by atoms with E-state index in [0.29, 0.717) is 25.5 Å². The molecule has 120 valence electrons. The van der Waals surface area contributed by atoms with Crippen LogP contribution in [0.5, 0.6) is 0 Å². The zero-order valence-corrected chi connectivity index (χ0v) is 13.2. The van der Waals surface area contributed by atoms with Gasteiger partial charge in [0.2, 0.25) is 5.91 Å². The number of nitrogens with one attached hydrogen (secondary N) is 2. The van der Waals surface area contributed by atoms with E-state index >= 15 is 0 Å². The van der Waals surface area contributed by atoms with Gasteiger partial charge in [0.1, 0.15) is 5.52 Å². The number of fused-ring (bicyclic) bond motifs is 1. The minimum Gasteiger partial charge on any atom is -0.441 e. The molecule has 0 bridgehead atoms. The van der Waals surface area contributed by atoms with Gasteiger partial charge >= 0.3 is 0 Å². The molecule has 7 heteroatoms. The average molecular weight is 326 g/mol. The number of hydrogen-bond acceptors (Lipinski definition) is 5. The van der Waals surface area contributed by atoms with Crippen LogP contribution in [0.1, 0.15) is 19.2 Å². The quantitative estimate of drug-likeness (QED) is 0.900. The first kappa shape index (κ1) is 16.7. The van der Waals surface area contributed by atoms with Gasteiger partial charge in [0.15, 0.2) is 11.5 Å². The molecule has 1 aromatic carbocycles. The van der Waals surface area contributed by atoms with Crippen molar-refractivity contribution < 1.29 is 13.9 Å². The van der Waals surface area contributed by atoms with Gasteiger partial charge < -0.3 is 19.8 Å². The van der Waals surface area contributed by atoms with Crippen LogP contribution >= 0.6 is 12.4 Å². The van der Waals surface area contributed by atoms with Gasteiger partial charge in [-0.2, -0.15) is 0 Å². The van der Waals surface area contributed by atoms with E-state index in [9.17, 15) is 4.79 Å². The second-order valence-corrected chi connectivity index (χ2v) is 5.12. The monoisotopic (exact) mass is 325 g/mol. The van der Waals surface area contributed by atoms with E-state index < -0.39 is 0 Å².